The summed E-state index contributed by atoms with van der Waals surface area (Å²) in [7, 11) is 0. The molecule has 41 heavy (non-hydrogen) atoms. The molecule has 0 unspecified atom stereocenters. The Bertz CT molecular complexity index is 1400. The lowest BCUT2D eigenvalue weighted by Gasteiger charge is -2.36. The van der Waals surface area contributed by atoms with E-state index in [0.717, 1.165) is 27.6 Å². The predicted octanol–water partition coefficient (Wildman–Crippen LogP) is 4.14. The van der Waals surface area contributed by atoms with Crippen LogP contribution in [0.1, 0.15) is 30.0 Å². The number of nitrogens with zero attached hydrogens (tertiary/aromatic N) is 3. The van der Waals surface area contributed by atoms with E-state index >= 15 is 0 Å². The monoisotopic (exact) mass is 576 g/mol. The van der Waals surface area contributed by atoms with Crippen LogP contribution in [0, 0.1) is 0 Å². The van der Waals surface area contributed by atoms with E-state index in [4.69, 9.17) is 0 Å². The van der Waals surface area contributed by atoms with Gasteiger partial charge in [-0.1, -0.05) is 72.8 Å². The summed E-state index contributed by atoms with van der Waals surface area (Å²) in [6, 6.07) is 22.2. The summed E-state index contributed by atoms with van der Waals surface area (Å²) >= 11 is 0. The Morgan fingerprint density at radius 1 is 0.951 bits per heavy atom. The molecule has 4 aromatic rings. The molecule has 3 N–H and O–H groups in total. The molecule has 0 saturated carbocycles. The highest BCUT2D eigenvalue weighted by Gasteiger charge is 2.37. The molecular formula is C31H33ClN4O5. The number of aromatic nitrogens is 2. The number of benzene rings is 3. The van der Waals surface area contributed by atoms with Crippen LogP contribution in [-0.4, -0.2) is 61.1 Å². The van der Waals surface area contributed by atoms with E-state index in [1.165, 1.54) is 4.90 Å². The number of halogens is 1. The molecule has 5 rings (SSSR count). The predicted molar refractivity (Wildman–Crippen MR) is 158 cm³/mol. The lowest BCUT2D eigenvalue weighted by molar-refractivity contribution is -0.152. The zero-order chi connectivity index (χ0) is 28.5. The summed E-state index contributed by atoms with van der Waals surface area (Å²) in [5.74, 6) is -2.52. The third-order valence-corrected chi connectivity index (χ3v) is 6.91. The number of aryl methyl sites for hydroxylation is 1. The molecule has 1 amide bonds. The minimum Gasteiger partial charge on any atom is -0.480 e. The molecule has 2 heterocycles. The smallest absolute Gasteiger partial charge is 0.326 e. The quantitative estimate of drug-likeness (QED) is 0.285. The first-order valence-corrected chi connectivity index (χ1v) is 13.1. The molecule has 0 aliphatic carbocycles. The SMILES string of the molecule is C[C@H](N[C@@H](CCc1ccccc1)C(=O)O)C(=O)N1Cc2ccccc2C[C@H]1C(=O)O.Cl.c1ccc2ncncc2c1. The number of carboxylic acids is 2. The second kappa shape index (κ2) is 14.9. The average Bonchev–Trinajstić information content (AvgIpc) is 2.98. The molecule has 0 bridgehead atoms. The fraction of sp³-hybridized carbons (Fsp3) is 0.258. The van der Waals surface area contributed by atoms with Crippen molar-refractivity contribution < 1.29 is 24.6 Å². The van der Waals surface area contributed by atoms with Gasteiger partial charge in [0.2, 0.25) is 5.91 Å². The van der Waals surface area contributed by atoms with Crippen LogP contribution in [0.3, 0.4) is 0 Å². The molecule has 10 heteroatoms. The van der Waals surface area contributed by atoms with E-state index < -0.39 is 36.0 Å². The Morgan fingerprint density at radius 3 is 2.29 bits per heavy atom. The second-order valence-corrected chi connectivity index (χ2v) is 9.68. The molecule has 1 aliphatic rings. The number of carbonyl (C=O) groups is 3. The highest BCUT2D eigenvalue weighted by atomic mass is 35.5. The van der Waals surface area contributed by atoms with E-state index in [0.29, 0.717) is 12.8 Å². The van der Waals surface area contributed by atoms with Crippen LogP contribution >= 0.6 is 12.4 Å². The largest absolute Gasteiger partial charge is 0.480 e. The van der Waals surface area contributed by atoms with Crippen LogP contribution in [0.15, 0.2) is 91.4 Å². The van der Waals surface area contributed by atoms with Crippen molar-refractivity contribution in [3.63, 3.8) is 0 Å². The molecule has 0 saturated heterocycles. The van der Waals surface area contributed by atoms with Crippen LogP contribution in [0.4, 0.5) is 0 Å². The van der Waals surface area contributed by atoms with Crippen LogP contribution in [0.25, 0.3) is 10.9 Å². The number of fused-ring (bicyclic) bond motifs is 2. The number of hydrogen-bond acceptors (Lipinski definition) is 6. The van der Waals surface area contributed by atoms with Crippen LogP contribution in [-0.2, 0) is 33.8 Å². The number of hydrogen-bond donors (Lipinski definition) is 3. The molecule has 1 aromatic heterocycles. The van der Waals surface area contributed by atoms with Crippen LogP contribution < -0.4 is 5.32 Å². The molecule has 214 valence electrons. The minimum atomic E-state index is -1.07. The second-order valence-electron chi connectivity index (χ2n) is 9.68. The maximum atomic E-state index is 13.1. The van der Waals surface area contributed by atoms with Gasteiger partial charge in [0, 0.05) is 24.5 Å². The van der Waals surface area contributed by atoms with Gasteiger partial charge in [0.05, 0.1) is 11.6 Å². The summed E-state index contributed by atoms with van der Waals surface area (Å²) in [6.45, 7) is 1.78. The number of rotatable bonds is 8. The van der Waals surface area contributed by atoms with Gasteiger partial charge in [-0.25, -0.2) is 14.8 Å². The zero-order valence-corrected chi connectivity index (χ0v) is 23.4. The molecule has 3 atom stereocenters. The molecule has 0 fully saturated rings. The Balaban J connectivity index is 0.000000351. The van der Waals surface area contributed by atoms with Gasteiger partial charge in [-0.05, 0) is 42.5 Å². The summed E-state index contributed by atoms with van der Waals surface area (Å²) in [5, 5.41) is 23.2. The molecule has 9 nitrogen and oxygen atoms in total. The van der Waals surface area contributed by atoms with Crippen molar-refractivity contribution in [2.45, 2.75) is 50.9 Å². The first-order valence-electron chi connectivity index (χ1n) is 13.1. The van der Waals surface area contributed by atoms with Gasteiger partial charge in [-0.3, -0.25) is 14.9 Å². The van der Waals surface area contributed by atoms with Gasteiger partial charge in [0.15, 0.2) is 0 Å². The van der Waals surface area contributed by atoms with Gasteiger partial charge >= 0.3 is 11.9 Å². The molecule has 0 radical (unpaired) electrons. The Kier molecular flexibility index (Phi) is 11.3. The first-order chi connectivity index (χ1) is 19.3. The van der Waals surface area contributed by atoms with E-state index in [1.54, 1.807) is 13.3 Å². The van der Waals surface area contributed by atoms with E-state index in [1.807, 2.05) is 85.1 Å². The number of carboxylic acid groups (broad SMARTS) is 2. The summed E-state index contributed by atoms with van der Waals surface area (Å²) in [6.07, 6.45) is 4.48. The summed E-state index contributed by atoms with van der Waals surface area (Å²) < 4.78 is 0. The van der Waals surface area contributed by atoms with E-state index in [-0.39, 0.29) is 25.4 Å². The number of amides is 1. The molecular weight excluding hydrogens is 544 g/mol. The number of para-hydroxylation sites is 1. The van der Waals surface area contributed by atoms with Crippen molar-refractivity contribution in [3.05, 3.63) is 108 Å². The fourth-order valence-electron chi connectivity index (χ4n) is 4.75. The normalized spacial score (nSPS) is 15.3. The van der Waals surface area contributed by atoms with Gasteiger partial charge < -0.3 is 15.1 Å². The standard InChI is InChI=1S/C23H26N2O5.C8H6N2.ClH/c1-15(24-19(22(27)28)12-11-16-7-3-2-4-8-16)21(26)25-14-18-10-6-5-9-17(18)13-20(25)23(29)30;1-2-4-8-7(3-1)5-9-6-10-8;/h2-10,15,19-20,24H,11-14H2,1H3,(H,27,28)(H,29,30);1-6H;1H/t15-,19-,20-;;/m0../s1. The Morgan fingerprint density at radius 2 is 1.61 bits per heavy atom. The van der Waals surface area contributed by atoms with Crippen LogP contribution in [0.5, 0.6) is 0 Å². The van der Waals surface area contributed by atoms with E-state index in [2.05, 4.69) is 15.3 Å². The lowest BCUT2D eigenvalue weighted by Crippen LogP contribution is -2.56. The Labute approximate surface area is 244 Å². The highest BCUT2D eigenvalue weighted by molar-refractivity contribution is 5.88. The van der Waals surface area contributed by atoms with Crippen molar-refractivity contribution in [1.29, 1.82) is 0 Å². The minimum absolute atomic E-state index is 0. The average molecular weight is 577 g/mol. The maximum Gasteiger partial charge on any atom is 0.326 e. The van der Waals surface area contributed by atoms with Crippen molar-refractivity contribution in [3.8, 4) is 0 Å². The maximum absolute atomic E-state index is 13.1. The Hall–Kier alpha value is -4.34. The van der Waals surface area contributed by atoms with Gasteiger partial charge in [0.1, 0.15) is 18.4 Å². The topological polar surface area (TPSA) is 133 Å². The molecule has 1 aliphatic heterocycles. The zero-order valence-electron chi connectivity index (χ0n) is 22.6. The van der Waals surface area contributed by atoms with Crippen molar-refractivity contribution in [1.82, 2.24) is 20.2 Å². The van der Waals surface area contributed by atoms with Crippen molar-refractivity contribution in [2.75, 3.05) is 0 Å². The van der Waals surface area contributed by atoms with Crippen molar-refractivity contribution >= 4 is 41.2 Å². The van der Waals surface area contributed by atoms with Gasteiger partial charge in [0.25, 0.3) is 0 Å². The van der Waals surface area contributed by atoms with Gasteiger partial charge in [-0.2, -0.15) is 0 Å². The summed E-state index contributed by atoms with van der Waals surface area (Å²) in [4.78, 5) is 45.9. The van der Waals surface area contributed by atoms with Crippen LogP contribution in [0.2, 0.25) is 0 Å². The fourth-order valence-corrected chi connectivity index (χ4v) is 4.75. The number of aliphatic carboxylic acids is 2. The first kappa shape index (κ1) is 31.2. The van der Waals surface area contributed by atoms with Crippen molar-refractivity contribution in [2.24, 2.45) is 0 Å². The molecule has 0 spiro atoms. The van der Waals surface area contributed by atoms with E-state index in [9.17, 15) is 24.6 Å². The third kappa shape index (κ3) is 8.33. The summed E-state index contributed by atoms with van der Waals surface area (Å²) in [5.41, 5.74) is 3.84. The highest BCUT2D eigenvalue weighted by Crippen LogP contribution is 2.24. The number of carbonyl (C=O) groups excluding carboxylic acids is 1. The van der Waals surface area contributed by atoms with Gasteiger partial charge in [-0.15, -0.1) is 12.4 Å². The lowest BCUT2D eigenvalue weighted by atomic mass is 9.93. The molecule has 3 aromatic carbocycles. The third-order valence-electron chi connectivity index (χ3n) is 6.91. The number of nitrogens with one attached hydrogen (secondary N) is 1.